The fourth-order valence-electron chi connectivity index (χ4n) is 2.82. The Labute approximate surface area is 128 Å². The van der Waals surface area contributed by atoms with Crippen LogP contribution in [0.4, 0.5) is 4.39 Å². The van der Waals surface area contributed by atoms with Crippen LogP contribution in [0.2, 0.25) is 0 Å². The predicted molar refractivity (Wildman–Crippen MR) is 72.5 cm³/mol. The lowest BCUT2D eigenvalue weighted by atomic mass is 9.82. The molecule has 9 nitrogen and oxygen atoms in total. The molecule has 2 rings (SSSR count). The molecule has 0 radical (unpaired) electrons. The van der Waals surface area contributed by atoms with Gasteiger partial charge in [-0.25, -0.2) is 9.18 Å². The molecule has 0 bridgehead atoms. The van der Waals surface area contributed by atoms with E-state index in [-0.39, 0.29) is 0 Å². The van der Waals surface area contributed by atoms with Gasteiger partial charge in [-0.1, -0.05) is 0 Å². The Morgan fingerprint density at radius 1 is 1.39 bits per heavy atom. The van der Waals surface area contributed by atoms with Crippen LogP contribution in [0.5, 0.6) is 0 Å². The molecule has 1 aliphatic heterocycles. The topological polar surface area (TPSA) is 139 Å². The highest BCUT2D eigenvalue weighted by Gasteiger charge is 2.73. The SMILES string of the molecule is CC(=O)C1(F)[C@H](O)[C@@H](CO)O[C@@]1(C(C)=O)n1ccc(=O)[nH]c1=O. The molecule has 23 heavy (non-hydrogen) atoms. The predicted octanol–water partition coefficient (Wildman–Crippen LogP) is -2.17. The number of aromatic nitrogens is 2. The van der Waals surface area contributed by atoms with E-state index in [9.17, 15) is 29.4 Å². The number of aromatic amines is 1. The summed E-state index contributed by atoms with van der Waals surface area (Å²) in [5.41, 5.74) is -8.18. The number of Topliss-reactive ketones (excluding diaryl/α,β-unsaturated/α-hetero) is 2. The Bertz CT molecular complexity index is 772. The van der Waals surface area contributed by atoms with Crippen molar-refractivity contribution < 1.29 is 28.9 Å². The van der Waals surface area contributed by atoms with E-state index in [2.05, 4.69) is 0 Å². The normalized spacial score (nSPS) is 33.6. The molecule has 126 valence electrons. The largest absolute Gasteiger partial charge is 0.394 e. The molecule has 1 aromatic rings. The Kier molecular flexibility index (Phi) is 4.09. The second kappa shape index (κ2) is 5.48. The van der Waals surface area contributed by atoms with E-state index in [1.807, 2.05) is 4.98 Å². The number of carbonyl (C=O) groups is 2. The molecule has 0 aromatic carbocycles. The first kappa shape index (κ1) is 17.2. The molecule has 0 amide bonds. The summed E-state index contributed by atoms with van der Waals surface area (Å²) < 4.78 is 21.0. The minimum Gasteiger partial charge on any atom is -0.394 e. The van der Waals surface area contributed by atoms with E-state index >= 15 is 4.39 Å². The van der Waals surface area contributed by atoms with Crippen LogP contribution in [0, 0.1) is 0 Å². The van der Waals surface area contributed by atoms with Gasteiger partial charge in [-0.2, -0.15) is 0 Å². The number of nitrogens with zero attached hydrogens (tertiary/aromatic N) is 1. The van der Waals surface area contributed by atoms with E-state index in [0.717, 1.165) is 26.1 Å². The van der Waals surface area contributed by atoms with Gasteiger partial charge in [0.25, 0.3) is 17.0 Å². The highest BCUT2D eigenvalue weighted by Crippen LogP contribution is 2.47. The number of H-pyrrole nitrogens is 1. The third-order valence-corrected chi connectivity index (χ3v) is 3.91. The van der Waals surface area contributed by atoms with Gasteiger partial charge in [-0.15, -0.1) is 0 Å². The maximum atomic E-state index is 15.5. The van der Waals surface area contributed by atoms with Gasteiger partial charge in [-0.3, -0.25) is 23.9 Å². The number of carbonyl (C=O) groups excluding carboxylic acids is 2. The number of alkyl halides is 1. The molecule has 2 heterocycles. The first-order chi connectivity index (χ1) is 10.6. The summed E-state index contributed by atoms with van der Waals surface area (Å²) in [6.45, 7) is 0.745. The summed E-state index contributed by atoms with van der Waals surface area (Å²) in [4.78, 5) is 49.0. The van der Waals surface area contributed by atoms with Gasteiger partial charge in [-0.05, 0) is 13.8 Å². The third kappa shape index (κ3) is 2.10. The van der Waals surface area contributed by atoms with Crippen molar-refractivity contribution in [2.45, 2.75) is 37.4 Å². The molecule has 1 aromatic heterocycles. The van der Waals surface area contributed by atoms with Crippen molar-refractivity contribution in [2.24, 2.45) is 0 Å². The van der Waals surface area contributed by atoms with Crippen LogP contribution < -0.4 is 11.2 Å². The van der Waals surface area contributed by atoms with Gasteiger partial charge in [0.2, 0.25) is 0 Å². The van der Waals surface area contributed by atoms with E-state index in [1.54, 1.807) is 0 Å². The van der Waals surface area contributed by atoms with E-state index in [4.69, 9.17) is 4.74 Å². The highest BCUT2D eigenvalue weighted by atomic mass is 19.1. The van der Waals surface area contributed by atoms with Crippen LogP contribution in [-0.2, 0) is 20.1 Å². The number of nitrogens with one attached hydrogen (secondary N) is 1. The van der Waals surface area contributed by atoms with Crippen molar-refractivity contribution in [1.82, 2.24) is 9.55 Å². The maximum absolute atomic E-state index is 15.5. The van der Waals surface area contributed by atoms with Crippen molar-refractivity contribution >= 4 is 11.6 Å². The van der Waals surface area contributed by atoms with Crippen LogP contribution in [0.3, 0.4) is 0 Å². The second-order valence-electron chi connectivity index (χ2n) is 5.23. The van der Waals surface area contributed by atoms with Crippen LogP contribution in [0.15, 0.2) is 21.9 Å². The van der Waals surface area contributed by atoms with Gasteiger partial charge < -0.3 is 14.9 Å². The summed E-state index contributed by atoms with van der Waals surface area (Å²) >= 11 is 0. The van der Waals surface area contributed by atoms with E-state index in [1.165, 1.54) is 0 Å². The molecular formula is C13H15FN2O7. The molecule has 1 saturated heterocycles. The van der Waals surface area contributed by atoms with Gasteiger partial charge in [0, 0.05) is 12.3 Å². The Balaban J connectivity index is 2.87. The summed E-state index contributed by atoms with van der Waals surface area (Å²) in [6, 6.07) is 0.828. The van der Waals surface area contributed by atoms with Crippen molar-refractivity contribution in [3.8, 4) is 0 Å². The molecule has 4 atom stereocenters. The van der Waals surface area contributed by atoms with Crippen LogP contribution in [0.1, 0.15) is 13.8 Å². The molecule has 1 aliphatic rings. The van der Waals surface area contributed by atoms with Crippen LogP contribution in [-0.4, -0.2) is 55.8 Å². The summed E-state index contributed by atoms with van der Waals surface area (Å²) in [7, 11) is 0. The van der Waals surface area contributed by atoms with E-state index in [0.29, 0.717) is 4.57 Å². The minimum atomic E-state index is -3.33. The van der Waals surface area contributed by atoms with Gasteiger partial charge in [0.1, 0.15) is 12.2 Å². The highest BCUT2D eigenvalue weighted by molar-refractivity contribution is 5.97. The Hall–Kier alpha value is -2.17. The lowest BCUT2D eigenvalue weighted by molar-refractivity contribution is -0.186. The standard InChI is InChI=1S/C13H15FN2O7/c1-6(18)12(14)10(21)8(5-17)23-13(12,7(2)19)16-4-3-9(20)15-11(16)22/h3-4,8,10,17,21H,5H2,1-2H3,(H,15,20,22)/t8-,10-,12?,13-/m1/s1. The van der Waals surface area contributed by atoms with Crippen molar-refractivity contribution in [3.63, 3.8) is 0 Å². The van der Waals surface area contributed by atoms with Crippen LogP contribution in [0.25, 0.3) is 0 Å². The van der Waals surface area contributed by atoms with Crippen molar-refractivity contribution in [2.75, 3.05) is 6.61 Å². The smallest absolute Gasteiger partial charge is 0.331 e. The third-order valence-electron chi connectivity index (χ3n) is 3.91. The summed E-state index contributed by atoms with van der Waals surface area (Å²) in [6.07, 6.45) is -3.02. The molecule has 1 unspecified atom stereocenters. The average molecular weight is 330 g/mol. The molecule has 10 heteroatoms. The minimum absolute atomic E-state index is 0.400. The number of rotatable bonds is 4. The number of halogens is 1. The first-order valence-electron chi connectivity index (χ1n) is 6.63. The fourth-order valence-corrected chi connectivity index (χ4v) is 2.82. The van der Waals surface area contributed by atoms with Crippen LogP contribution >= 0.6 is 0 Å². The zero-order chi connectivity index (χ0) is 17.6. The zero-order valence-electron chi connectivity index (χ0n) is 12.3. The quantitative estimate of drug-likeness (QED) is 0.571. The fraction of sp³-hybridized carbons (Fsp3) is 0.538. The number of aliphatic hydroxyl groups excluding tert-OH is 2. The molecule has 0 aliphatic carbocycles. The number of hydrogen-bond donors (Lipinski definition) is 3. The average Bonchev–Trinajstić information content (AvgIpc) is 2.70. The molecule has 3 N–H and O–H groups in total. The molecular weight excluding hydrogens is 315 g/mol. The molecule has 0 saturated carbocycles. The van der Waals surface area contributed by atoms with E-state index < -0.39 is 53.0 Å². The number of ketones is 2. The Morgan fingerprint density at radius 2 is 2.00 bits per heavy atom. The second-order valence-corrected chi connectivity index (χ2v) is 5.23. The molecule has 0 spiro atoms. The van der Waals surface area contributed by atoms with Gasteiger partial charge in [0.05, 0.1) is 6.61 Å². The monoisotopic (exact) mass is 330 g/mol. The number of hydrogen-bond acceptors (Lipinski definition) is 7. The first-order valence-corrected chi connectivity index (χ1v) is 6.63. The van der Waals surface area contributed by atoms with Gasteiger partial charge in [0.15, 0.2) is 11.6 Å². The number of aliphatic hydroxyl groups is 2. The lowest BCUT2D eigenvalue weighted by Gasteiger charge is -2.36. The summed E-state index contributed by atoms with van der Waals surface area (Å²) in [5, 5.41) is 19.3. The maximum Gasteiger partial charge on any atom is 0.331 e. The summed E-state index contributed by atoms with van der Waals surface area (Å²) in [5.74, 6) is -2.37. The Morgan fingerprint density at radius 3 is 2.43 bits per heavy atom. The number of ether oxygens (including phenoxy) is 1. The lowest BCUT2D eigenvalue weighted by Crippen LogP contribution is -2.64. The van der Waals surface area contributed by atoms with Gasteiger partial charge >= 0.3 is 5.69 Å². The molecule has 1 fully saturated rings. The van der Waals surface area contributed by atoms with Crippen molar-refractivity contribution in [3.05, 3.63) is 33.1 Å². The van der Waals surface area contributed by atoms with Crippen molar-refractivity contribution in [1.29, 1.82) is 0 Å². The zero-order valence-corrected chi connectivity index (χ0v) is 12.3.